The Kier molecular flexibility index (Phi) is 23.2. The van der Waals surface area contributed by atoms with Gasteiger partial charge in [-0.3, -0.25) is 0 Å². The molecule has 2 unspecified atom stereocenters. The van der Waals surface area contributed by atoms with Crippen molar-refractivity contribution in [3.8, 4) is 51.0 Å². The van der Waals surface area contributed by atoms with Crippen LogP contribution in [0.1, 0.15) is 152 Å². The number of phenolic OH excluding ortho intramolecular Hbond substituents is 3. The number of rotatable bonds is 7. The molecule has 4 aliphatic rings. The van der Waals surface area contributed by atoms with Crippen LogP contribution in [0.15, 0.2) is 120 Å². The Hall–Kier alpha value is -8.00. The van der Waals surface area contributed by atoms with Crippen LogP contribution in [0.2, 0.25) is 10.3 Å². The lowest BCUT2D eigenvalue weighted by molar-refractivity contribution is 0.348. The Balaban J connectivity index is 0.000000144. The number of phenols is 3. The van der Waals surface area contributed by atoms with Gasteiger partial charge in [-0.1, -0.05) is 125 Å². The molecule has 0 amide bonds. The lowest BCUT2D eigenvalue weighted by atomic mass is 9.79. The summed E-state index contributed by atoms with van der Waals surface area (Å²) in [5, 5.41) is 69.9. The van der Waals surface area contributed by atoms with E-state index in [4.69, 9.17) is 51.9 Å². The highest BCUT2D eigenvalue weighted by Crippen LogP contribution is 2.42. The van der Waals surface area contributed by atoms with E-state index in [9.17, 15) is 15.3 Å². The number of hydrogen-bond acceptors (Lipinski definition) is 18. The quantitative estimate of drug-likeness (QED) is 0.0735. The first-order valence-electron chi connectivity index (χ1n) is 29.7. The number of anilines is 5. The van der Waals surface area contributed by atoms with Crippen molar-refractivity contribution in [2.45, 2.75) is 129 Å². The fourth-order valence-corrected chi connectivity index (χ4v) is 11.9. The molecule has 2 saturated carbocycles. The number of halogens is 3. The van der Waals surface area contributed by atoms with E-state index >= 15 is 0 Å². The average molecular weight is 1280 g/mol. The van der Waals surface area contributed by atoms with Gasteiger partial charge in [-0.25, -0.2) is 0 Å². The van der Waals surface area contributed by atoms with Crippen molar-refractivity contribution in [3.05, 3.63) is 152 Å². The summed E-state index contributed by atoms with van der Waals surface area (Å²) < 4.78 is 0.669. The molecule has 2 fully saturated rings. The van der Waals surface area contributed by atoms with Gasteiger partial charge in [0.1, 0.15) is 28.9 Å². The van der Waals surface area contributed by atoms with Gasteiger partial charge in [0.05, 0.1) is 21.6 Å². The second-order valence-electron chi connectivity index (χ2n) is 23.2. The summed E-state index contributed by atoms with van der Waals surface area (Å²) in [6.45, 7) is 9.12. The summed E-state index contributed by atoms with van der Waals surface area (Å²) in [5.41, 5.74) is 39.8. The van der Waals surface area contributed by atoms with Crippen molar-refractivity contribution < 1.29 is 15.3 Å². The van der Waals surface area contributed by atoms with E-state index in [0.717, 1.165) is 97.3 Å². The molecular formula is C66H78BrCl2N15O3. The van der Waals surface area contributed by atoms with E-state index < -0.39 is 0 Å². The van der Waals surface area contributed by atoms with Gasteiger partial charge in [-0.05, 0) is 194 Å². The zero-order valence-corrected chi connectivity index (χ0v) is 52.8. The van der Waals surface area contributed by atoms with Gasteiger partial charge in [-0.2, -0.15) is 0 Å². The van der Waals surface area contributed by atoms with Gasteiger partial charge in [0, 0.05) is 38.9 Å². The molecule has 0 spiro atoms. The summed E-state index contributed by atoms with van der Waals surface area (Å²) in [5.74, 6) is 6.97. The van der Waals surface area contributed by atoms with Crippen LogP contribution in [-0.4, -0.2) is 66.3 Å². The molecule has 12 rings (SSSR count). The van der Waals surface area contributed by atoms with Crippen LogP contribution in [0.25, 0.3) is 44.9 Å². The van der Waals surface area contributed by atoms with E-state index in [2.05, 4.69) is 107 Å². The van der Waals surface area contributed by atoms with Gasteiger partial charge >= 0.3 is 0 Å². The first-order valence-corrected chi connectivity index (χ1v) is 31.2. The fourth-order valence-electron chi connectivity index (χ4n) is 11.2. The van der Waals surface area contributed by atoms with Crippen molar-refractivity contribution in [1.82, 2.24) is 51.0 Å². The molecule has 5 aromatic heterocycles. The summed E-state index contributed by atoms with van der Waals surface area (Å²) in [6, 6.07) is 30.8. The number of allylic oxidation sites excluding steroid dienone is 4. The highest BCUT2D eigenvalue weighted by Gasteiger charge is 2.25. The summed E-state index contributed by atoms with van der Waals surface area (Å²) >= 11 is 14.4. The maximum atomic E-state index is 9.97. The van der Waals surface area contributed by atoms with Crippen molar-refractivity contribution in [3.63, 3.8) is 0 Å². The number of nitrogen functional groups attached to an aromatic ring is 5. The number of hydrogen-bond donors (Lipinski definition) is 8. The predicted octanol–water partition coefficient (Wildman–Crippen LogP) is 15.5. The standard InChI is InChI=1S/2C17H21N3O.C17H19N3O.C11H14ClN3.C4H3BrClN3/c3*1-11-6-8-12(9-7-11)14-10-15(19-20-17(14)18)13-4-2-3-5-16(13)21;1-7-2-4-8(5-3-7)9-6-10(12)14-15-11(9)13;5-2-1-3(6)8-9-4(2)7/h2*2-5,10-12,21H,6-9H2,1H3,(H2,18,20);2-5,8,10-11,21H,6-7,9H2,1H3,(H2,18,20);4,6-7H,2-3,5H2,1H3,(H2,13,15);1H,(H2,7,9). The molecule has 0 aliphatic heterocycles. The molecular weight excluding hydrogens is 1200 g/mol. The number of para-hydroxylation sites is 3. The van der Waals surface area contributed by atoms with Gasteiger partial charge < -0.3 is 44.0 Å². The minimum absolute atomic E-state index is 0.203. The largest absolute Gasteiger partial charge is 0.507 e. The van der Waals surface area contributed by atoms with Crippen LogP contribution in [0, 0.1) is 23.7 Å². The van der Waals surface area contributed by atoms with Gasteiger partial charge in [0.25, 0.3) is 0 Å². The Morgan fingerprint density at radius 3 is 1.09 bits per heavy atom. The van der Waals surface area contributed by atoms with E-state index in [1.54, 1.807) is 48.5 Å². The van der Waals surface area contributed by atoms with Crippen LogP contribution in [-0.2, 0) is 0 Å². The molecule has 2 atom stereocenters. The molecule has 456 valence electrons. The smallest absolute Gasteiger partial charge is 0.160 e. The molecule has 8 aromatic rings. The maximum Gasteiger partial charge on any atom is 0.160 e. The predicted molar refractivity (Wildman–Crippen MR) is 354 cm³/mol. The first-order chi connectivity index (χ1) is 41.8. The molecule has 0 radical (unpaired) electrons. The van der Waals surface area contributed by atoms with Crippen molar-refractivity contribution in [2.75, 3.05) is 28.7 Å². The van der Waals surface area contributed by atoms with Gasteiger partial charge in [0.2, 0.25) is 0 Å². The third kappa shape index (κ3) is 18.0. The molecule has 0 bridgehead atoms. The zero-order chi connectivity index (χ0) is 62.1. The monoisotopic (exact) mass is 1280 g/mol. The molecule has 87 heavy (non-hydrogen) atoms. The van der Waals surface area contributed by atoms with E-state index in [1.165, 1.54) is 49.7 Å². The summed E-state index contributed by atoms with van der Waals surface area (Å²) in [7, 11) is 0. The molecule has 0 saturated heterocycles. The Labute approximate surface area is 527 Å². The number of aromatic nitrogens is 10. The SMILES string of the molecule is CC1CC=C(c2cc(-c3ccccc3O)nnc2N)CC1.CC1CC=C(c2cc(Cl)nnc2N)CC1.CC1CCC(c2cc(-c3ccccc3O)nnc2N)CC1.CC1CCC(c2cc(-c3ccccc3O)nnc2N)CC1.Nc1nnc(Cl)cc1Br. The maximum absolute atomic E-state index is 9.97. The van der Waals surface area contributed by atoms with Crippen LogP contribution >= 0.6 is 39.1 Å². The van der Waals surface area contributed by atoms with Crippen LogP contribution < -0.4 is 28.7 Å². The molecule has 18 nitrogen and oxygen atoms in total. The normalized spacial score (nSPS) is 19.8. The second-order valence-corrected chi connectivity index (χ2v) is 24.8. The minimum Gasteiger partial charge on any atom is -0.507 e. The first kappa shape index (κ1) is 65.0. The van der Waals surface area contributed by atoms with Crippen molar-refractivity contribution in [2.24, 2.45) is 23.7 Å². The Morgan fingerprint density at radius 2 is 0.724 bits per heavy atom. The van der Waals surface area contributed by atoms with Crippen LogP contribution in [0.3, 0.4) is 0 Å². The third-order valence-electron chi connectivity index (χ3n) is 16.6. The lowest BCUT2D eigenvalue weighted by Crippen LogP contribution is -2.13. The molecule has 5 heterocycles. The minimum atomic E-state index is 0.203. The highest BCUT2D eigenvalue weighted by molar-refractivity contribution is 9.10. The van der Waals surface area contributed by atoms with Crippen molar-refractivity contribution >= 4 is 79.4 Å². The molecule has 3 aromatic carbocycles. The number of benzene rings is 3. The Morgan fingerprint density at radius 1 is 0.379 bits per heavy atom. The fraction of sp³-hybridized carbons (Fsp3) is 0.364. The molecule has 4 aliphatic carbocycles. The van der Waals surface area contributed by atoms with Crippen LogP contribution in [0.4, 0.5) is 29.1 Å². The van der Waals surface area contributed by atoms with E-state index in [-0.39, 0.29) is 17.2 Å². The topological polar surface area (TPSA) is 320 Å². The Bertz CT molecular complexity index is 3560. The van der Waals surface area contributed by atoms with Gasteiger partial charge in [0.15, 0.2) is 27.8 Å². The second kappa shape index (κ2) is 31.1. The lowest BCUT2D eigenvalue weighted by Gasteiger charge is -2.27. The number of aromatic hydroxyl groups is 3. The van der Waals surface area contributed by atoms with E-state index in [1.807, 2.05) is 54.6 Å². The molecule has 13 N–H and O–H groups in total. The summed E-state index contributed by atoms with van der Waals surface area (Å²) in [6.07, 6.45) is 20.6. The molecule has 21 heteroatoms. The third-order valence-corrected chi connectivity index (χ3v) is 17.6. The average Bonchev–Trinajstić information content (AvgIpc) is 3.61. The van der Waals surface area contributed by atoms with E-state index in [0.29, 0.717) is 89.5 Å². The zero-order valence-electron chi connectivity index (χ0n) is 49.7. The number of nitrogens with two attached hydrogens (primary N) is 5. The highest BCUT2D eigenvalue weighted by atomic mass is 79.9. The van der Waals surface area contributed by atoms with Crippen molar-refractivity contribution in [1.29, 1.82) is 0 Å². The van der Waals surface area contributed by atoms with Crippen LogP contribution in [0.5, 0.6) is 17.2 Å². The summed E-state index contributed by atoms with van der Waals surface area (Å²) in [4.78, 5) is 0. The number of nitrogens with zero attached hydrogens (tertiary/aromatic N) is 10. The van der Waals surface area contributed by atoms with Gasteiger partial charge in [-0.15, -0.1) is 51.0 Å².